The van der Waals surface area contributed by atoms with Crippen LogP contribution in [0.4, 0.5) is 0 Å². The standard InChI is InChI=1S/C20H26N4O2/c1-23-10-5-7-17(23)18-6-3-2-4-11-24(18)20(25)16-12-22-19(13-21-16)26-14-15-8-9-15/h5,7,10,12-13,15,18H,2-4,6,8-9,11,14H2,1H3. The lowest BCUT2D eigenvalue weighted by Gasteiger charge is -2.30. The van der Waals surface area contributed by atoms with Gasteiger partial charge in [-0.1, -0.05) is 12.8 Å². The van der Waals surface area contributed by atoms with Gasteiger partial charge in [-0.3, -0.25) is 4.79 Å². The normalized spacial score (nSPS) is 20.7. The van der Waals surface area contributed by atoms with Gasteiger partial charge in [-0.05, 0) is 43.7 Å². The third-order valence-corrected chi connectivity index (χ3v) is 5.35. The summed E-state index contributed by atoms with van der Waals surface area (Å²) in [6, 6.07) is 4.24. The van der Waals surface area contributed by atoms with Gasteiger partial charge in [0, 0.05) is 25.5 Å². The van der Waals surface area contributed by atoms with Crippen molar-refractivity contribution in [1.82, 2.24) is 19.4 Å². The summed E-state index contributed by atoms with van der Waals surface area (Å²) in [4.78, 5) is 23.7. The molecule has 0 radical (unpaired) electrons. The van der Waals surface area contributed by atoms with Crippen molar-refractivity contribution < 1.29 is 9.53 Å². The van der Waals surface area contributed by atoms with E-state index in [0.717, 1.165) is 32.2 Å². The van der Waals surface area contributed by atoms with Crippen molar-refractivity contribution in [2.24, 2.45) is 13.0 Å². The molecule has 0 spiro atoms. The highest BCUT2D eigenvalue weighted by atomic mass is 16.5. The third-order valence-electron chi connectivity index (χ3n) is 5.35. The number of carbonyl (C=O) groups excluding carboxylic acids is 1. The Balaban J connectivity index is 1.51. The Kier molecular flexibility index (Phi) is 4.91. The van der Waals surface area contributed by atoms with Gasteiger partial charge < -0.3 is 14.2 Å². The second-order valence-electron chi connectivity index (χ2n) is 7.40. The molecule has 3 heterocycles. The van der Waals surface area contributed by atoms with E-state index >= 15 is 0 Å². The average Bonchev–Trinajstić information content (AvgIpc) is 3.44. The Morgan fingerprint density at radius 1 is 1.19 bits per heavy atom. The first kappa shape index (κ1) is 17.1. The van der Waals surface area contributed by atoms with E-state index in [1.807, 2.05) is 24.2 Å². The van der Waals surface area contributed by atoms with Crippen LogP contribution in [-0.2, 0) is 7.05 Å². The molecule has 1 atom stereocenters. The minimum absolute atomic E-state index is 0.0423. The fourth-order valence-corrected chi connectivity index (χ4v) is 3.62. The highest BCUT2D eigenvalue weighted by Crippen LogP contribution is 2.31. The van der Waals surface area contributed by atoms with E-state index in [1.54, 1.807) is 12.4 Å². The van der Waals surface area contributed by atoms with Crippen molar-refractivity contribution >= 4 is 5.91 Å². The summed E-state index contributed by atoms with van der Waals surface area (Å²) in [6.45, 7) is 1.46. The van der Waals surface area contributed by atoms with Gasteiger partial charge in [-0.15, -0.1) is 0 Å². The van der Waals surface area contributed by atoms with Gasteiger partial charge in [-0.2, -0.15) is 0 Å². The minimum Gasteiger partial charge on any atom is -0.476 e. The molecular weight excluding hydrogens is 328 g/mol. The van der Waals surface area contributed by atoms with Gasteiger partial charge in [0.2, 0.25) is 5.88 Å². The molecule has 1 amide bonds. The number of ether oxygens (including phenoxy) is 1. The molecule has 2 aliphatic rings. The molecule has 0 bridgehead atoms. The summed E-state index contributed by atoms with van der Waals surface area (Å²) in [5.41, 5.74) is 1.57. The molecule has 6 nitrogen and oxygen atoms in total. The molecule has 1 unspecified atom stereocenters. The molecule has 26 heavy (non-hydrogen) atoms. The second-order valence-corrected chi connectivity index (χ2v) is 7.40. The highest BCUT2D eigenvalue weighted by Gasteiger charge is 2.30. The molecule has 1 saturated carbocycles. The molecule has 138 valence electrons. The summed E-state index contributed by atoms with van der Waals surface area (Å²) in [5.74, 6) is 1.13. The van der Waals surface area contributed by atoms with Gasteiger partial charge in [0.05, 0.1) is 25.0 Å². The monoisotopic (exact) mass is 354 g/mol. The van der Waals surface area contributed by atoms with Gasteiger partial charge in [0.1, 0.15) is 5.69 Å². The first-order chi connectivity index (χ1) is 12.7. The Labute approximate surface area is 154 Å². The number of aromatic nitrogens is 3. The van der Waals surface area contributed by atoms with Crippen LogP contribution in [0.2, 0.25) is 0 Å². The van der Waals surface area contributed by atoms with Gasteiger partial charge in [0.25, 0.3) is 5.91 Å². The molecule has 2 aromatic heterocycles. The van der Waals surface area contributed by atoms with E-state index in [0.29, 0.717) is 24.1 Å². The first-order valence-electron chi connectivity index (χ1n) is 9.59. The molecule has 0 aromatic carbocycles. The van der Waals surface area contributed by atoms with Crippen LogP contribution in [0.1, 0.15) is 60.7 Å². The lowest BCUT2D eigenvalue weighted by molar-refractivity contribution is 0.0667. The van der Waals surface area contributed by atoms with Gasteiger partial charge >= 0.3 is 0 Å². The van der Waals surface area contributed by atoms with Gasteiger partial charge in [-0.25, -0.2) is 9.97 Å². The van der Waals surface area contributed by atoms with Crippen molar-refractivity contribution in [3.63, 3.8) is 0 Å². The van der Waals surface area contributed by atoms with Crippen LogP contribution < -0.4 is 4.74 Å². The Bertz CT molecular complexity index is 751. The van der Waals surface area contributed by atoms with Crippen molar-refractivity contribution in [3.8, 4) is 5.88 Å². The van der Waals surface area contributed by atoms with Crippen LogP contribution in [0.15, 0.2) is 30.7 Å². The van der Waals surface area contributed by atoms with E-state index in [1.165, 1.54) is 18.5 Å². The molecule has 1 aliphatic heterocycles. The maximum Gasteiger partial charge on any atom is 0.274 e. The molecule has 2 fully saturated rings. The molecule has 1 aliphatic carbocycles. The van der Waals surface area contributed by atoms with E-state index in [4.69, 9.17) is 4.74 Å². The average molecular weight is 354 g/mol. The van der Waals surface area contributed by atoms with Crippen molar-refractivity contribution in [1.29, 1.82) is 0 Å². The van der Waals surface area contributed by atoms with Crippen molar-refractivity contribution in [3.05, 3.63) is 42.1 Å². The van der Waals surface area contributed by atoms with E-state index in [2.05, 4.69) is 20.6 Å². The van der Waals surface area contributed by atoms with Crippen LogP contribution in [0.5, 0.6) is 5.88 Å². The zero-order valence-corrected chi connectivity index (χ0v) is 15.3. The third kappa shape index (κ3) is 3.74. The molecule has 0 N–H and O–H groups in total. The number of carbonyl (C=O) groups is 1. The number of amides is 1. The maximum absolute atomic E-state index is 13.1. The fraction of sp³-hybridized carbons (Fsp3) is 0.550. The second kappa shape index (κ2) is 7.48. The molecule has 4 rings (SSSR count). The van der Waals surface area contributed by atoms with Crippen LogP contribution in [0, 0.1) is 5.92 Å². The maximum atomic E-state index is 13.1. The number of likely N-dealkylation sites (tertiary alicyclic amines) is 1. The zero-order chi connectivity index (χ0) is 17.9. The summed E-state index contributed by atoms with van der Waals surface area (Å²) in [6.07, 6.45) is 11.9. The topological polar surface area (TPSA) is 60.2 Å². The Morgan fingerprint density at radius 3 is 2.77 bits per heavy atom. The van der Waals surface area contributed by atoms with Crippen LogP contribution in [0.25, 0.3) is 0 Å². The molecule has 6 heteroatoms. The predicted octanol–water partition coefficient (Wildman–Crippen LogP) is 3.36. The molecule has 2 aromatic rings. The number of nitrogens with zero attached hydrogens (tertiary/aromatic N) is 4. The van der Waals surface area contributed by atoms with Crippen LogP contribution >= 0.6 is 0 Å². The lowest BCUT2D eigenvalue weighted by atomic mass is 10.1. The van der Waals surface area contributed by atoms with E-state index < -0.39 is 0 Å². The zero-order valence-electron chi connectivity index (χ0n) is 15.3. The summed E-state index contributed by atoms with van der Waals surface area (Å²) in [5, 5.41) is 0. The van der Waals surface area contributed by atoms with Crippen LogP contribution in [-0.4, -0.2) is 38.5 Å². The largest absolute Gasteiger partial charge is 0.476 e. The summed E-state index contributed by atoms with van der Waals surface area (Å²) < 4.78 is 7.73. The Morgan fingerprint density at radius 2 is 2.08 bits per heavy atom. The minimum atomic E-state index is -0.0423. The van der Waals surface area contributed by atoms with Gasteiger partial charge in [0.15, 0.2) is 0 Å². The lowest BCUT2D eigenvalue weighted by Crippen LogP contribution is -2.36. The molecule has 1 saturated heterocycles. The predicted molar refractivity (Wildman–Crippen MR) is 97.9 cm³/mol. The number of hydrogen-bond acceptors (Lipinski definition) is 4. The fourth-order valence-electron chi connectivity index (χ4n) is 3.62. The summed E-state index contributed by atoms with van der Waals surface area (Å²) in [7, 11) is 2.04. The number of rotatable bonds is 5. The SMILES string of the molecule is Cn1cccc1C1CCCCCN1C(=O)c1cnc(OCC2CC2)cn1. The first-order valence-corrected chi connectivity index (χ1v) is 9.59. The number of hydrogen-bond donors (Lipinski definition) is 0. The molecular formula is C20H26N4O2. The van der Waals surface area contributed by atoms with E-state index in [-0.39, 0.29) is 11.9 Å². The highest BCUT2D eigenvalue weighted by molar-refractivity contribution is 5.92. The van der Waals surface area contributed by atoms with E-state index in [9.17, 15) is 4.79 Å². The van der Waals surface area contributed by atoms with Crippen molar-refractivity contribution in [2.45, 2.75) is 44.6 Å². The number of aryl methyl sites for hydroxylation is 1. The van der Waals surface area contributed by atoms with Crippen LogP contribution in [0.3, 0.4) is 0 Å². The quantitative estimate of drug-likeness (QED) is 0.826. The van der Waals surface area contributed by atoms with Crippen molar-refractivity contribution in [2.75, 3.05) is 13.2 Å². The summed E-state index contributed by atoms with van der Waals surface area (Å²) >= 11 is 0. The Hall–Kier alpha value is -2.37. The smallest absolute Gasteiger partial charge is 0.274 e.